The van der Waals surface area contributed by atoms with E-state index in [4.69, 9.17) is 0 Å². The Morgan fingerprint density at radius 2 is 1.12 bits per heavy atom. The average molecular weight is 345 g/mol. The third-order valence-electron chi connectivity index (χ3n) is 6.33. The van der Waals surface area contributed by atoms with Gasteiger partial charge in [-0.1, -0.05) is 102 Å². The number of rotatable bonds is 2. The lowest BCUT2D eigenvalue weighted by Crippen LogP contribution is -2.25. The highest BCUT2D eigenvalue weighted by Crippen LogP contribution is 2.50. The topological polar surface area (TPSA) is 0 Å². The number of hydrogen-bond donors (Lipinski definition) is 0. The summed E-state index contributed by atoms with van der Waals surface area (Å²) in [7, 11) is 0.0570. The highest BCUT2D eigenvalue weighted by Gasteiger charge is 2.30. The molecule has 0 aromatic heterocycles. The molecule has 0 spiro atoms. The highest BCUT2D eigenvalue weighted by molar-refractivity contribution is 7.66. The zero-order valence-corrected chi connectivity index (χ0v) is 16.5. The third-order valence-corrected chi connectivity index (χ3v) is 9.57. The maximum absolute atomic E-state index is 2.45. The van der Waals surface area contributed by atoms with Crippen molar-refractivity contribution in [2.24, 2.45) is 5.92 Å². The second-order valence-electron chi connectivity index (χ2n) is 8.11. The van der Waals surface area contributed by atoms with Gasteiger partial charge in [0.1, 0.15) is 0 Å². The first-order valence-electron chi connectivity index (χ1n) is 10.8. The smallest absolute Gasteiger partial charge is 0.0141 e. The lowest BCUT2D eigenvalue weighted by atomic mass is 9.90. The van der Waals surface area contributed by atoms with Crippen LogP contribution in [0.15, 0.2) is 30.3 Å². The van der Waals surface area contributed by atoms with E-state index in [2.05, 4.69) is 30.3 Å². The van der Waals surface area contributed by atoms with E-state index in [1.54, 1.807) is 5.30 Å². The SMILES string of the molecule is c1ccc(P2CCCCCCCC2C2CCCCCCCC2)cc1. The maximum Gasteiger partial charge on any atom is -0.0141 e. The normalized spacial score (nSPS) is 28.7. The van der Waals surface area contributed by atoms with Crippen molar-refractivity contribution in [2.45, 2.75) is 95.6 Å². The fourth-order valence-electron chi connectivity index (χ4n) is 4.97. The predicted molar refractivity (Wildman–Crippen MR) is 110 cm³/mol. The van der Waals surface area contributed by atoms with Gasteiger partial charge in [-0.15, -0.1) is 0 Å². The van der Waals surface area contributed by atoms with Crippen LogP contribution in [0, 0.1) is 5.92 Å². The Morgan fingerprint density at radius 1 is 0.583 bits per heavy atom. The van der Waals surface area contributed by atoms with Crippen molar-refractivity contribution in [3.05, 3.63) is 30.3 Å². The molecule has 1 heterocycles. The van der Waals surface area contributed by atoms with Crippen molar-refractivity contribution < 1.29 is 0 Å². The second-order valence-corrected chi connectivity index (χ2v) is 10.7. The molecule has 24 heavy (non-hydrogen) atoms. The van der Waals surface area contributed by atoms with Gasteiger partial charge < -0.3 is 0 Å². The summed E-state index contributed by atoms with van der Waals surface area (Å²) in [4.78, 5) is 0. The lowest BCUT2D eigenvalue weighted by molar-refractivity contribution is 0.391. The maximum atomic E-state index is 2.45. The summed E-state index contributed by atoms with van der Waals surface area (Å²) < 4.78 is 0. The molecular formula is C23H37P. The molecule has 0 amide bonds. The predicted octanol–water partition coefficient (Wildman–Crippen LogP) is 7.27. The van der Waals surface area contributed by atoms with Crippen molar-refractivity contribution >= 4 is 13.2 Å². The monoisotopic (exact) mass is 344 g/mol. The zero-order chi connectivity index (χ0) is 16.5. The standard InChI is InChI=1S/C23H37P/c1-2-5-10-16-21(15-9-4-1)23-19-13-6-3-7-14-20-24(23)22-17-11-8-12-18-22/h8,11-12,17-18,21,23H,1-7,9-10,13-16,19-20H2. The summed E-state index contributed by atoms with van der Waals surface area (Å²) in [6.07, 6.45) is 22.4. The molecule has 3 rings (SSSR count). The van der Waals surface area contributed by atoms with Crippen LogP contribution in [0.5, 0.6) is 0 Å². The van der Waals surface area contributed by atoms with Crippen LogP contribution in [-0.2, 0) is 0 Å². The van der Waals surface area contributed by atoms with Gasteiger partial charge in [0.25, 0.3) is 0 Å². The van der Waals surface area contributed by atoms with E-state index in [0.29, 0.717) is 0 Å². The van der Waals surface area contributed by atoms with Gasteiger partial charge in [0, 0.05) is 0 Å². The first-order valence-corrected chi connectivity index (χ1v) is 12.4. The molecule has 2 aliphatic rings. The fraction of sp³-hybridized carbons (Fsp3) is 0.739. The third kappa shape index (κ3) is 5.59. The summed E-state index contributed by atoms with van der Waals surface area (Å²) in [5, 5.41) is 1.71. The van der Waals surface area contributed by atoms with Gasteiger partial charge in [0.05, 0.1) is 0 Å². The van der Waals surface area contributed by atoms with E-state index in [9.17, 15) is 0 Å². The Hall–Kier alpha value is -0.350. The highest BCUT2D eigenvalue weighted by atomic mass is 31.1. The molecule has 1 saturated carbocycles. The van der Waals surface area contributed by atoms with Gasteiger partial charge in [-0.3, -0.25) is 0 Å². The van der Waals surface area contributed by atoms with Gasteiger partial charge in [0.2, 0.25) is 0 Å². The van der Waals surface area contributed by atoms with Gasteiger partial charge >= 0.3 is 0 Å². The summed E-state index contributed by atoms with van der Waals surface area (Å²) in [6, 6.07) is 11.7. The minimum Gasteiger partial charge on any atom is -0.0719 e. The van der Waals surface area contributed by atoms with Crippen LogP contribution in [0.4, 0.5) is 0 Å². The van der Waals surface area contributed by atoms with Crippen LogP contribution in [0.3, 0.4) is 0 Å². The molecule has 0 radical (unpaired) electrons. The molecule has 134 valence electrons. The first kappa shape index (κ1) is 18.4. The second kappa shape index (κ2) is 10.6. The van der Waals surface area contributed by atoms with Gasteiger partial charge in [-0.2, -0.15) is 0 Å². The van der Waals surface area contributed by atoms with Crippen LogP contribution in [0.1, 0.15) is 89.9 Å². The van der Waals surface area contributed by atoms with E-state index in [0.717, 1.165) is 11.6 Å². The summed E-state index contributed by atoms with van der Waals surface area (Å²) in [5.41, 5.74) is 1.01. The van der Waals surface area contributed by atoms with Gasteiger partial charge in [0.15, 0.2) is 0 Å². The Morgan fingerprint density at radius 3 is 1.79 bits per heavy atom. The average Bonchev–Trinajstić information content (AvgIpc) is 2.84. The molecule has 2 atom stereocenters. The molecule has 1 aromatic carbocycles. The molecule has 1 aliphatic heterocycles. The fourth-order valence-corrected chi connectivity index (χ4v) is 8.36. The van der Waals surface area contributed by atoms with Crippen molar-refractivity contribution in [2.75, 3.05) is 6.16 Å². The quantitative estimate of drug-likeness (QED) is 0.495. The van der Waals surface area contributed by atoms with E-state index in [1.807, 2.05) is 0 Å². The Kier molecular flexibility index (Phi) is 8.14. The Labute approximate surface area is 151 Å². The van der Waals surface area contributed by atoms with E-state index in [1.165, 1.54) is 96.1 Å². The summed E-state index contributed by atoms with van der Waals surface area (Å²) in [5.74, 6) is 1.02. The van der Waals surface area contributed by atoms with Crippen LogP contribution in [0.25, 0.3) is 0 Å². The lowest BCUT2D eigenvalue weighted by Gasteiger charge is -2.35. The van der Waals surface area contributed by atoms with Crippen molar-refractivity contribution in [3.63, 3.8) is 0 Å². The van der Waals surface area contributed by atoms with Crippen molar-refractivity contribution in [3.8, 4) is 0 Å². The first-order chi connectivity index (χ1) is 11.9. The van der Waals surface area contributed by atoms with E-state index < -0.39 is 0 Å². The van der Waals surface area contributed by atoms with Gasteiger partial charge in [-0.05, 0) is 48.7 Å². The van der Waals surface area contributed by atoms with Crippen LogP contribution >= 0.6 is 7.92 Å². The van der Waals surface area contributed by atoms with Crippen LogP contribution in [-0.4, -0.2) is 11.8 Å². The molecule has 1 aromatic rings. The Bertz CT molecular complexity index is 431. The molecule has 1 heteroatoms. The molecule has 2 fully saturated rings. The number of hydrogen-bond acceptors (Lipinski definition) is 0. The minimum absolute atomic E-state index is 0.0570. The Balaban J connectivity index is 1.79. The molecule has 0 N–H and O–H groups in total. The van der Waals surface area contributed by atoms with Crippen molar-refractivity contribution in [1.29, 1.82) is 0 Å². The summed E-state index contributed by atoms with van der Waals surface area (Å²) >= 11 is 0. The minimum atomic E-state index is 0.0570. The molecular weight excluding hydrogens is 307 g/mol. The molecule has 0 nitrogen and oxygen atoms in total. The molecule has 2 unspecified atom stereocenters. The van der Waals surface area contributed by atoms with E-state index in [-0.39, 0.29) is 7.92 Å². The van der Waals surface area contributed by atoms with Gasteiger partial charge in [-0.25, -0.2) is 0 Å². The number of benzene rings is 1. The van der Waals surface area contributed by atoms with E-state index >= 15 is 0 Å². The van der Waals surface area contributed by atoms with Crippen LogP contribution in [0.2, 0.25) is 0 Å². The molecule has 0 bridgehead atoms. The van der Waals surface area contributed by atoms with Crippen LogP contribution < -0.4 is 5.30 Å². The molecule has 1 saturated heterocycles. The van der Waals surface area contributed by atoms with Crippen molar-refractivity contribution in [1.82, 2.24) is 0 Å². The zero-order valence-electron chi connectivity index (χ0n) is 15.6. The summed E-state index contributed by atoms with van der Waals surface area (Å²) in [6.45, 7) is 0. The largest absolute Gasteiger partial charge is 0.0719 e. The molecule has 1 aliphatic carbocycles.